The van der Waals surface area contributed by atoms with Gasteiger partial charge in [0.2, 0.25) is 0 Å². The van der Waals surface area contributed by atoms with Gasteiger partial charge in [0.05, 0.1) is 25.5 Å². The first kappa shape index (κ1) is 24.4. The first-order valence-electron chi connectivity index (χ1n) is 12.2. The Balaban J connectivity index is 1.30. The maximum absolute atomic E-state index is 14.0. The molecule has 0 amide bonds. The Kier molecular flexibility index (Phi) is 5.83. The zero-order valence-electron chi connectivity index (χ0n) is 20.1. The van der Waals surface area contributed by atoms with E-state index >= 15 is 0 Å². The van der Waals surface area contributed by atoms with Crippen LogP contribution in [-0.2, 0) is 13.1 Å². The number of halogens is 5. The normalized spacial score (nSPS) is 19.8. The van der Waals surface area contributed by atoms with Crippen molar-refractivity contribution in [2.45, 2.75) is 56.4 Å². The molecule has 2 fully saturated rings. The Morgan fingerprint density at radius 2 is 1.84 bits per heavy atom. The van der Waals surface area contributed by atoms with Crippen LogP contribution in [0, 0.1) is 5.82 Å². The van der Waals surface area contributed by atoms with Crippen LogP contribution in [0.1, 0.15) is 48.8 Å². The number of pyridine rings is 1. The molecule has 12 heteroatoms. The summed E-state index contributed by atoms with van der Waals surface area (Å²) in [5, 5.41) is 9.35. The van der Waals surface area contributed by atoms with Crippen molar-refractivity contribution in [3.8, 4) is 11.4 Å². The summed E-state index contributed by atoms with van der Waals surface area (Å²) >= 11 is 6.27. The van der Waals surface area contributed by atoms with Gasteiger partial charge in [-0.15, -0.1) is 10.2 Å². The highest BCUT2D eigenvalue weighted by molar-refractivity contribution is 6.30. The van der Waals surface area contributed by atoms with Gasteiger partial charge in [0.25, 0.3) is 0 Å². The predicted molar refractivity (Wildman–Crippen MR) is 129 cm³/mol. The molecule has 37 heavy (non-hydrogen) atoms. The van der Waals surface area contributed by atoms with Crippen molar-refractivity contribution in [3.05, 3.63) is 58.5 Å². The molecule has 1 saturated carbocycles. The van der Waals surface area contributed by atoms with Crippen molar-refractivity contribution in [2.24, 2.45) is 0 Å². The number of ether oxygens (including phenoxy) is 1. The van der Waals surface area contributed by atoms with Gasteiger partial charge in [-0.2, -0.15) is 13.2 Å². The molecule has 0 bridgehead atoms. The van der Waals surface area contributed by atoms with Crippen LogP contribution in [0.4, 0.5) is 23.4 Å². The molecule has 0 radical (unpaired) electrons. The van der Waals surface area contributed by atoms with E-state index in [-0.39, 0.29) is 37.6 Å². The largest absolute Gasteiger partial charge is 0.493 e. The molecule has 0 atom stereocenters. The SMILES string of the molecule is COc1cc(N2CCC(c3nnc4n3-c3ccc(Cl)cc3CN(C3(C(F)(F)F)CC3)C4)CC2)ncc1F. The Hall–Kier alpha value is -2.92. The number of benzene rings is 1. The number of aromatic nitrogens is 4. The van der Waals surface area contributed by atoms with Crippen molar-refractivity contribution in [2.75, 3.05) is 25.1 Å². The van der Waals surface area contributed by atoms with E-state index in [1.54, 1.807) is 18.2 Å². The van der Waals surface area contributed by atoms with Gasteiger partial charge >= 0.3 is 6.18 Å². The summed E-state index contributed by atoms with van der Waals surface area (Å²) in [5.41, 5.74) is -0.335. The van der Waals surface area contributed by atoms with E-state index in [1.807, 2.05) is 10.6 Å². The molecule has 3 aromatic rings. The number of methoxy groups -OCH3 is 1. The van der Waals surface area contributed by atoms with E-state index in [0.29, 0.717) is 29.8 Å². The van der Waals surface area contributed by atoms with E-state index in [9.17, 15) is 17.6 Å². The first-order chi connectivity index (χ1) is 17.7. The summed E-state index contributed by atoms with van der Waals surface area (Å²) < 4.78 is 62.9. The maximum Gasteiger partial charge on any atom is 0.406 e. The molecule has 2 aromatic heterocycles. The number of rotatable bonds is 4. The summed E-state index contributed by atoms with van der Waals surface area (Å²) in [6.07, 6.45) is -1.55. The van der Waals surface area contributed by atoms with Gasteiger partial charge in [-0.1, -0.05) is 11.6 Å². The Bertz CT molecular complexity index is 1330. The molecule has 196 valence electrons. The quantitative estimate of drug-likeness (QED) is 0.424. The second-order valence-corrected chi connectivity index (χ2v) is 10.3. The Morgan fingerprint density at radius 3 is 2.51 bits per heavy atom. The fourth-order valence-electron chi connectivity index (χ4n) is 5.60. The lowest BCUT2D eigenvalue weighted by atomic mass is 9.95. The van der Waals surface area contributed by atoms with Gasteiger partial charge in [-0.05, 0) is 49.4 Å². The molecule has 0 N–H and O–H groups in total. The lowest BCUT2D eigenvalue weighted by Gasteiger charge is -2.32. The van der Waals surface area contributed by atoms with Crippen molar-refractivity contribution in [1.29, 1.82) is 0 Å². The Labute approximate surface area is 216 Å². The highest BCUT2D eigenvalue weighted by atomic mass is 35.5. The van der Waals surface area contributed by atoms with Gasteiger partial charge in [-0.3, -0.25) is 9.47 Å². The number of piperidine rings is 1. The molecule has 2 aliphatic heterocycles. The number of alkyl halides is 3. The van der Waals surface area contributed by atoms with Crippen molar-refractivity contribution < 1.29 is 22.3 Å². The predicted octanol–water partition coefficient (Wildman–Crippen LogP) is 5.26. The van der Waals surface area contributed by atoms with Crippen LogP contribution in [0.2, 0.25) is 5.02 Å². The highest BCUT2D eigenvalue weighted by Gasteiger charge is 2.66. The fourth-order valence-corrected chi connectivity index (χ4v) is 5.79. The molecule has 3 aliphatic rings. The number of hydrogen-bond acceptors (Lipinski definition) is 6. The fraction of sp³-hybridized carbons (Fsp3) is 0.480. The summed E-state index contributed by atoms with van der Waals surface area (Å²) in [7, 11) is 1.41. The molecule has 0 unspecified atom stereocenters. The third-order valence-electron chi connectivity index (χ3n) is 7.80. The number of anilines is 1. The molecule has 4 heterocycles. The minimum Gasteiger partial charge on any atom is -0.493 e. The molecule has 1 saturated heterocycles. The topological polar surface area (TPSA) is 59.3 Å². The van der Waals surface area contributed by atoms with Crippen LogP contribution in [0.3, 0.4) is 0 Å². The molecule has 6 rings (SSSR count). The first-order valence-corrected chi connectivity index (χ1v) is 12.6. The highest BCUT2D eigenvalue weighted by Crippen LogP contribution is 2.55. The molecule has 1 aromatic carbocycles. The van der Waals surface area contributed by atoms with Crippen LogP contribution in [-0.4, -0.2) is 56.6 Å². The monoisotopic (exact) mass is 536 g/mol. The van der Waals surface area contributed by atoms with Crippen molar-refractivity contribution in [1.82, 2.24) is 24.6 Å². The van der Waals surface area contributed by atoms with Gasteiger partial charge in [-0.25, -0.2) is 9.37 Å². The van der Waals surface area contributed by atoms with Gasteiger partial charge < -0.3 is 9.64 Å². The zero-order chi connectivity index (χ0) is 25.9. The molecular weight excluding hydrogens is 512 g/mol. The Morgan fingerprint density at radius 1 is 1.08 bits per heavy atom. The average Bonchev–Trinajstić information content (AvgIpc) is 3.63. The molecule has 7 nitrogen and oxygen atoms in total. The third-order valence-corrected chi connectivity index (χ3v) is 8.03. The zero-order valence-corrected chi connectivity index (χ0v) is 20.9. The number of hydrogen-bond donors (Lipinski definition) is 0. The second-order valence-electron chi connectivity index (χ2n) is 9.91. The van der Waals surface area contributed by atoms with Crippen LogP contribution in [0.15, 0.2) is 30.5 Å². The summed E-state index contributed by atoms with van der Waals surface area (Å²) in [6, 6.07) is 6.91. The summed E-state index contributed by atoms with van der Waals surface area (Å²) in [5.74, 6) is 1.54. The van der Waals surface area contributed by atoms with E-state index < -0.39 is 17.5 Å². The summed E-state index contributed by atoms with van der Waals surface area (Å²) in [6.45, 7) is 1.50. The molecular formula is C25H25ClF4N6O. The van der Waals surface area contributed by atoms with Gasteiger partial charge in [0, 0.05) is 36.6 Å². The minimum absolute atomic E-state index is 0.0485. The smallest absolute Gasteiger partial charge is 0.406 e. The van der Waals surface area contributed by atoms with Crippen LogP contribution >= 0.6 is 11.6 Å². The standard InChI is InChI=1S/C25H25ClF4N6O/c1-37-20-11-21(31-12-18(20)27)34-8-4-15(5-9-34)23-33-32-22-14-35(24(6-7-24)25(28,29)30)13-16-10-17(26)2-3-19(16)36(22)23/h2-3,10-12,15H,4-9,13-14H2,1H3. The van der Waals surface area contributed by atoms with Crippen LogP contribution in [0.25, 0.3) is 5.69 Å². The average molecular weight is 537 g/mol. The van der Waals surface area contributed by atoms with Crippen LogP contribution < -0.4 is 9.64 Å². The maximum atomic E-state index is 14.0. The number of fused-ring (bicyclic) bond motifs is 3. The van der Waals surface area contributed by atoms with Crippen molar-refractivity contribution >= 4 is 17.4 Å². The lowest BCUT2D eigenvalue weighted by molar-refractivity contribution is -0.200. The molecule has 1 aliphatic carbocycles. The lowest BCUT2D eigenvalue weighted by Crippen LogP contribution is -2.47. The minimum atomic E-state index is -4.33. The van der Waals surface area contributed by atoms with E-state index in [2.05, 4.69) is 20.1 Å². The second kappa shape index (κ2) is 8.83. The van der Waals surface area contributed by atoms with E-state index in [1.165, 1.54) is 12.0 Å². The third kappa shape index (κ3) is 4.12. The van der Waals surface area contributed by atoms with E-state index in [0.717, 1.165) is 36.1 Å². The van der Waals surface area contributed by atoms with Crippen molar-refractivity contribution in [3.63, 3.8) is 0 Å². The van der Waals surface area contributed by atoms with E-state index in [4.69, 9.17) is 16.3 Å². The molecule has 0 spiro atoms. The summed E-state index contributed by atoms with van der Waals surface area (Å²) in [4.78, 5) is 7.75. The van der Waals surface area contributed by atoms with Gasteiger partial charge in [0.1, 0.15) is 17.2 Å². The number of nitrogens with zero attached hydrogens (tertiary/aromatic N) is 6. The van der Waals surface area contributed by atoms with Gasteiger partial charge in [0.15, 0.2) is 17.4 Å². The van der Waals surface area contributed by atoms with Crippen LogP contribution in [0.5, 0.6) is 5.75 Å².